The van der Waals surface area contributed by atoms with Gasteiger partial charge in [0.2, 0.25) is 5.91 Å². The van der Waals surface area contributed by atoms with Gasteiger partial charge in [-0.25, -0.2) is 4.39 Å². The van der Waals surface area contributed by atoms with Crippen LogP contribution in [0.1, 0.15) is 32.3 Å². The number of nitrogens with zero attached hydrogens (tertiary/aromatic N) is 1. The smallest absolute Gasteiger partial charge is 0.305 e. The molecule has 1 fully saturated rings. The molecular weight excluding hydrogens is 301 g/mol. The number of carbonyl (C=O) groups is 2. The lowest BCUT2D eigenvalue weighted by atomic mass is 9.83. The van der Waals surface area contributed by atoms with E-state index in [1.54, 1.807) is 38.0 Å². The minimum Gasteiger partial charge on any atom is -0.481 e. The molecule has 126 valence electrons. The van der Waals surface area contributed by atoms with Crippen LogP contribution >= 0.6 is 0 Å². The molecule has 0 spiro atoms. The van der Waals surface area contributed by atoms with Gasteiger partial charge < -0.3 is 14.7 Å². The Labute approximate surface area is 135 Å². The van der Waals surface area contributed by atoms with Crippen molar-refractivity contribution in [1.82, 2.24) is 4.90 Å². The second-order valence-electron chi connectivity index (χ2n) is 6.44. The van der Waals surface area contributed by atoms with Crippen LogP contribution in [0.4, 0.5) is 4.39 Å². The van der Waals surface area contributed by atoms with Gasteiger partial charge in [-0.2, -0.15) is 0 Å². The molecule has 1 aromatic carbocycles. The van der Waals surface area contributed by atoms with Crippen LogP contribution in [-0.2, 0) is 19.7 Å². The molecule has 0 aliphatic carbocycles. The van der Waals surface area contributed by atoms with E-state index in [4.69, 9.17) is 9.84 Å². The zero-order valence-electron chi connectivity index (χ0n) is 13.6. The van der Waals surface area contributed by atoms with E-state index in [1.807, 2.05) is 0 Å². The molecule has 0 bridgehead atoms. The maximum atomic E-state index is 13.5. The number of amides is 1. The minimum atomic E-state index is -0.951. The van der Waals surface area contributed by atoms with Crippen LogP contribution in [0.25, 0.3) is 0 Å². The van der Waals surface area contributed by atoms with Gasteiger partial charge in [-0.05, 0) is 38.0 Å². The average Bonchev–Trinajstić information content (AvgIpc) is 2.88. The summed E-state index contributed by atoms with van der Waals surface area (Å²) >= 11 is 0. The minimum absolute atomic E-state index is 0.120. The highest BCUT2D eigenvalue weighted by Crippen LogP contribution is 2.31. The van der Waals surface area contributed by atoms with Crippen molar-refractivity contribution in [2.45, 2.75) is 44.2 Å². The Morgan fingerprint density at radius 1 is 1.43 bits per heavy atom. The van der Waals surface area contributed by atoms with Gasteiger partial charge in [-0.15, -0.1) is 0 Å². The van der Waals surface area contributed by atoms with Crippen LogP contribution in [0.5, 0.6) is 0 Å². The number of hydrogen-bond acceptors (Lipinski definition) is 3. The highest BCUT2D eigenvalue weighted by atomic mass is 19.1. The number of methoxy groups -OCH3 is 1. The van der Waals surface area contributed by atoms with Crippen molar-refractivity contribution in [3.8, 4) is 0 Å². The number of carbonyl (C=O) groups excluding carboxylic acids is 1. The zero-order valence-corrected chi connectivity index (χ0v) is 13.6. The number of carboxylic acid groups (broad SMARTS) is 1. The maximum Gasteiger partial charge on any atom is 0.305 e. The quantitative estimate of drug-likeness (QED) is 0.902. The predicted molar refractivity (Wildman–Crippen MR) is 82.6 cm³/mol. The molecule has 1 N–H and O–H groups in total. The number of rotatable bonds is 5. The van der Waals surface area contributed by atoms with Gasteiger partial charge >= 0.3 is 5.97 Å². The molecule has 1 amide bonds. The fourth-order valence-corrected chi connectivity index (χ4v) is 3.05. The van der Waals surface area contributed by atoms with E-state index < -0.39 is 23.2 Å². The van der Waals surface area contributed by atoms with E-state index in [1.165, 1.54) is 12.1 Å². The monoisotopic (exact) mass is 323 g/mol. The number of hydrogen-bond donors (Lipinski definition) is 1. The molecule has 6 heteroatoms. The fourth-order valence-electron chi connectivity index (χ4n) is 3.05. The van der Waals surface area contributed by atoms with Crippen molar-refractivity contribution in [1.29, 1.82) is 0 Å². The van der Waals surface area contributed by atoms with Crippen molar-refractivity contribution < 1.29 is 23.8 Å². The lowest BCUT2D eigenvalue weighted by molar-refractivity contribution is -0.141. The van der Waals surface area contributed by atoms with E-state index >= 15 is 0 Å². The summed E-state index contributed by atoms with van der Waals surface area (Å²) in [6.45, 7) is 3.80. The molecule has 1 saturated heterocycles. The topological polar surface area (TPSA) is 66.8 Å². The average molecular weight is 323 g/mol. The second kappa shape index (κ2) is 6.66. The van der Waals surface area contributed by atoms with Crippen LogP contribution in [0, 0.1) is 5.82 Å². The lowest BCUT2D eigenvalue weighted by Crippen LogP contribution is -2.46. The standard InChI is InChI=1S/C17H22FNO4/c1-17(2,11-5-4-6-12(18)7-11)16(22)19-10-14(23-3)8-13(19)9-15(20)21/h4-7,13-14H,8-10H2,1-3H3,(H,20,21). The third-order valence-electron chi connectivity index (χ3n) is 4.46. The van der Waals surface area contributed by atoms with Gasteiger partial charge in [0, 0.05) is 19.7 Å². The molecule has 2 rings (SSSR count). The van der Waals surface area contributed by atoms with Crippen molar-refractivity contribution in [2.24, 2.45) is 0 Å². The Bertz CT molecular complexity index is 602. The Morgan fingerprint density at radius 2 is 2.13 bits per heavy atom. The molecule has 23 heavy (non-hydrogen) atoms. The molecule has 1 aliphatic heterocycles. The highest BCUT2D eigenvalue weighted by molar-refractivity contribution is 5.88. The third-order valence-corrected chi connectivity index (χ3v) is 4.46. The van der Waals surface area contributed by atoms with Crippen LogP contribution in [0.3, 0.4) is 0 Å². The molecule has 0 aromatic heterocycles. The SMILES string of the molecule is COC1CC(CC(=O)O)N(C(=O)C(C)(C)c2cccc(F)c2)C1. The van der Waals surface area contributed by atoms with Gasteiger partial charge in [0.05, 0.1) is 17.9 Å². The number of halogens is 1. The summed E-state index contributed by atoms with van der Waals surface area (Å²) in [5, 5.41) is 9.06. The van der Waals surface area contributed by atoms with Crippen molar-refractivity contribution >= 4 is 11.9 Å². The summed E-state index contributed by atoms with van der Waals surface area (Å²) in [7, 11) is 1.55. The van der Waals surface area contributed by atoms with E-state index in [0.29, 0.717) is 18.5 Å². The molecule has 0 saturated carbocycles. The van der Waals surface area contributed by atoms with E-state index in [-0.39, 0.29) is 18.4 Å². The Kier molecular flexibility index (Phi) is 5.04. The first-order valence-corrected chi connectivity index (χ1v) is 7.57. The summed E-state index contributed by atoms with van der Waals surface area (Å²) in [4.78, 5) is 25.6. The van der Waals surface area contributed by atoms with Crippen molar-refractivity contribution in [2.75, 3.05) is 13.7 Å². The molecule has 2 unspecified atom stereocenters. The number of likely N-dealkylation sites (tertiary alicyclic amines) is 1. The van der Waals surface area contributed by atoms with Gasteiger partial charge in [-0.3, -0.25) is 9.59 Å². The molecule has 1 aliphatic rings. The Hall–Kier alpha value is -1.95. The summed E-state index contributed by atoms with van der Waals surface area (Å²) in [5.74, 6) is -1.57. The number of benzene rings is 1. The molecule has 0 radical (unpaired) electrons. The fraction of sp³-hybridized carbons (Fsp3) is 0.529. The first-order valence-electron chi connectivity index (χ1n) is 7.57. The zero-order chi connectivity index (χ0) is 17.2. The predicted octanol–water partition coefficient (Wildman–Crippen LogP) is 2.19. The second-order valence-corrected chi connectivity index (χ2v) is 6.44. The molecular formula is C17H22FNO4. The largest absolute Gasteiger partial charge is 0.481 e. The number of carboxylic acids is 1. The number of aliphatic carboxylic acids is 1. The van der Waals surface area contributed by atoms with Gasteiger partial charge in [0.15, 0.2) is 0 Å². The van der Waals surface area contributed by atoms with E-state index in [9.17, 15) is 14.0 Å². The van der Waals surface area contributed by atoms with E-state index in [0.717, 1.165) is 0 Å². The molecule has 1 aromatic rings. The van der Waals surface area contributed by atoms with Gasteiger partial charge in [0.1, 0.15) is 5.82 Å². The Balaban J connectivity index is 2.27. The van der Waals surface area contributed by atoms with Crippen molar-refractivity contribution in [3.05, 3.63) is 35.6 Å². The van der Waals surface area contributed by atoms with Crippen LogP contribution in [0.2, 0.25) is 0 Å². The van der Waals surface area contributed by atoms with E-state index in [2.05, 4.69) is 0 Å². The first-order chi connectivity index (χ1) is 10.8. The summed E-state index contributed by atoms with van der Waals surface area (Å²) in [6, 6.07) is 5.54. The normalized spacial score (nSPS) is 21.5. The van der Waals surface area contributed by atoms with Gasteiger partial charge in [-0.1, -0.05) is 12.1 Å². The summed E-state index contributed by atoms with van der Waals surface area (Å²) in [6.07, 6.45) is 0.199. The molecule has 1 heterocycles. The van der Waals surface area contributed by atoms with Crippen molar-refractivity contribution in [3.63, 3.8) is 0 Å². The Morgan fingerprint density at radius 3 is 2.70 bits per heavy atom. The molecule has 2 atom stereocenters. The van der Waals surface area contributed by atoms with Gasteiger partial charge in [0.25, 0.3) is 0 Å². The molecule has 5 nitrogen and oxygen atoms in total. The third kappa shape index (κ3) is 3.69. The number of ether oxygens (including phenoxy) is 1. The van der Waals surface area contributed by atoms with Crippen LogP contribution < -0.4 is 0 Å². The van der Waals surface area contributed by atoms with Crippen LogP contribution in [-0.4, -0.2) is 47.7 Å². The summed E-state index contributed by atoms with van der Waals surface area (Å²) in [5.41, 5.74) is -0.376. The van der Waals surface area contributed by atoms with Crippen LogP contribution in [0.15, 0.2) is 24.3 Å². The maximum absolute atomic E-state index is 13.5. The highest BCUT2D eigenvalue weighted by Gasteiger charge is 2.42. The summed E-state index contributed by atoms with van der Waals surface area (Å²) < 4.78 is 18.8. The lowest BCUT2D eigenvalue weighted by Gasteiger charge is -2.33. The first kappa shape index (κ1) is 17.4.